The second-order valence-corrected chi connectivity index (χ2v) is 6.35. The quantitative estimate of drug-likeness (QED) is 0.668. The van der Waals surface area contributed by atoms with E-state index in [1.165, 1.54) is 44.1 Å². The highest BCUT2D eigenvalue weighted by molar-refractivity contribution is 5.28. The van der Waals surface area contributed by atoms with E-state index in [1.54, 1.807) is 0 Å². The molecule has 0 heterocycles. The summed E-state index contributed by atoms with van der Waals surface area (Å²) in [5, 5.41) is 3.53. The molecule has 0 radical (unpaired) electrons. The molecule has 3 rings (SSSR count). The van der Waals surface area contributed by atoms with Crippen LogP contribution in [0.2, 0.25) is 0 Å². The van der Waals surface area contributed by atoms with E-state index in [2.05, 4.69) is 23.5 Å². The summed E-state index contributed by atoms with van der Waals surface area (Å²) in [6.45, 7) is 3.17. The Hall–Kier alpha value is -1.06. The molecule has 3 nitrogen and oxygen atoms in total. The van der Waals surface area contributed by atoms with E-state index < -0.39 is 0 Å². The molecule has 0 atom stereocenters. The molecule has 0 amide bonds. The van der Waals surface area contributed by atoms with Gasteiger partial charge in [-0.1, -0.05) is 31.4 Å². The predicted molar refractivity (Wildman–Crippen MR) is 84.6 cm³/mol. The maximum atomic E-state index is 5.76. The number of hydrogen-bond acceptors (Lipinski definition) is 3. The molecule has 0 aliphatic heterocycles. The van der Waals surface area contributed by atoms with Gasteiger partial charge in [-0.15, -0.1) is 0 Å². The van der Waals surface area contributed by atoms with Gasteiger partial charge in [0.25, 0.3) is 0 Å². The Morgan fingerprint density at radius 2 is 1.95 bits per heavy atom. The third-order valence-electron chi connectivity index (χ3n) is 4.46. The van der Waals surface area contributed by atoms with Gasteiger partial charge in [0.1, 0.15) is 12.4 Å². The van der Waals surface area contributed by atoms with E-state index in [0.717, 1.165) is 30.9 Å². The summed E-state index contributed by atoms with van der Waals surface area (Å²) in [6, 6.07) is 9.12. The summed E-state index contributed by atoms with van der Waals surface area (Å²) < 4.78 is 11.4. The molecule has 2 fully saturated rings. The largest absolute Gasteiger partial charge is 0.491 e. The molecule has 116 valence electrons. The van der Waals surface area contributed by atoms with Crippen molar-refractivity contribution in [2.45, 2.75) is 51.1 Å². The third kappa shape index (κ3) is 5.33. The first-order chi connectivity index (χ1) is 10.4. The van der Waals surface area contributed by atoms with E-state index in [9.17, 15) is 0 Å². The van der Waals surface area contributed by atoms with E-state index in [0.29, 0.717) is 13.2 Å². The molecule has 1 aromatic rings. The van der Waals surface area contributed by atoms with Crippen LogP contribution < -0.4 is 10.1 Å². The molecule has 0 bridgehead atoms. The number of nitrogens with one attached hydrogen (secondary N) is 1. The van der Waals surface area contributed by atoms with Gasteiger partial charge in [0, 0.05) is 19.2 Å². The highest BCUT2D eigenvalue weighted by atomic mass is 16.5. The fourth-order valence-corrected chi connectivity index (χ4v) is 2.65. The molecular formula is C18H27NO2. The van der Waals surface area contributed by atoms with E-state index in [-0.39, 0.29) is 0 Å². The molecule has 0 saturated heterocycles. The van der Waals surface area contributed by atoms with Crippen LogP contribution in [0.1, 0.15) is 44.1 Å². The molecule has 21 heavy (non-hydrogen) atoms. The molecular weight excluding hydrogens is 262 g/mol. The molecule has 3 heteroatoms. The lowest BCUT2D eigenvalue weighted by Gasteiger charge is -2.24. The zero-order chi connectivity index (χ0) is 14.3. The van der Waals surface area contributed by atoms with Crippen molar-refractivity contribution in [2.75, 3.05) is 19.8 Å². The third-order valence-corrected chi connectivity index (χ3v) is 4.46. The zero-order valence-corrected chi connectivity index (χ0v) is 12.9. The summed E-state index contributed by atoms with van der Waals surface area (Å²) in [4.78, 5) is 0. The molecule has 0 aromatic heterocycles. The molecule has 1 aromatic carbocycles. The van der Waals surface area contributed by atoms with Crippen LogP contribution in [0.5, 0.6) is 5.75 Å². The first-order valence-electron chi connectivity index (χ1n) is 8.43. The van der Waals surface area contributed by atoms with Crippen LogP contribution in [0, 0.1) is 5.92 Å². The molecule has 0 unspecified atom stereocenters. The second kappa shape index (κ2) is 7.81. The second-order valence-electron chi connectivity index (χ2n) is 6.35. The van der Waals surface area contributed by atoms with Gasteiger partial charge in [-0.2, -0.15) is 0 Å². The van der Waals surface area contributed by atoms with Gasteiger partial charge in [0.15, 0.2) is 0 Å². The Kier molecular flexibility index (Phi) is 5.53. The minimum atomic E-state index is 0.643. The summed E-state index contributed by atoms with van der Waals surface area (Å²) in [6.07, 6.45) is 8.11. The van der Waals surface area contributed by atoms with Gasteiger partial charge in [0.05, 0.1) is 6.61 Å². The minimum Gasteiger partial charge on any atom is -0.491 e. The van der Waals surface area contributed by atoms with Crippen molar-refractivity contribution in [2.24, 2.45) is 5.92 Å². The van der Waals surface area contributed by atoms with Gasteiger partial charge < -0.3 is 14.8 Å². The van der Waals surface area contributed by atoms with Crippen molar-refractivity contribution in [1.29, 1.82) is 0 Å². The minimum absolute atomic E-state index is 0.643. The van der Waals surface area contributed by atoms with E-state index in [4.69, 9.17) is 9.47 Å². The fourth-order valence-electron chi connectivity index (χ4n) is 2.65. The lowest BCUT2D eigenvalue weighted by atomic mass is 9.83. The van der Waals surface area contributed by atoms with Crippen molar-refractivity contribution in [3.05, 3.63) is 29.8 Å². The zero-order valence-electron chi connectivity index (χ0n) is 12.9. The summed E-state index contributed by atoms with van der Waals surface area (Å²) in [5.41, 5.74) is 1.30. The van der Waals surface area contributed by atoms with Crippen molar-refractivity contribution >= 4 is 0 Å². The van der Waals surface area contributed by atoms with Crippen LogP contribution in [0.15, 0.2) is 24.3 Å². The normalized spacial score (nSPS) is 18.5. The molecule has 2 saturated carbocycles. The summed E-state index contributed by atoms with van der Waals surface area (Å²) in [5.74, 6) is 1.88. The summed E-state index contributed by atoms with van der Waals surface area (Å²) in [7, 11) is 0. The van der Waals surface area contributed by atoms with Gasteiger partial charge >= 0.3 is 0 Å². The highest BCUT2D eigenvalue weighted by Gasteiger charge is 2.19. The standard InChI is InChI=1S/C18H27NO2/c1-3-15(4-1)9-10-20-11-12-21-18-6-2-5-16(13-18)14-19-17-7-8-17/h2,5-6,13,15,17,19H,1,3-4,7-12,14H2. The van der Waals surface area contributed by atoms with Gasteiger partial charge in [-0.25, -0.2) is 0 Å². The topological polar surface area (TPSA) is 30.5 Å². The highest BCUT2D eigenvalue weighted by Crippen LogP contribution is 2.29. The summed E-state index contributed by atoms with van der Waals surface area (Å²) >= 11 is 0. The molecule has 2 aliphatic carbocycles. The van der Waals surface area contributed by atoms with Crippen molar-refractivity contribution < 1.29 is 9.47 Å². The van der Waals surface area contributed by atoms with Crippen LogP contribution in [0.4, 0.5) is 0 Å². The van der Waals surface area contributed by atoms with E-state index >= 15 is 0 Å². The van der Waals surface area contributed by atoms with Crippen molar-refractivity contribution in [3.63, 3.8) is 0 Å². The molecule has 1 N–H and O–H groups in total. The van der Waals surface area contributed by atoms with Gasteiger partial charge in [-0.05, 0) is 42.9 Å². The monoisotopic (exact) mass is 289 g/mol. The first-order valence-corrected chi connectivity index (χ1v) is 8.43. The van der Waals surface area contributed by atoms with Crippen molar-refractivity contribution in [1.82, 2.24) is 5.32 Å². The van der Waals surface area contributed by atoms with Crippen LogP contribution in [-0.4, -0.2) is 25.9 Å². The average Bonchev–Trinajstić information content (AvgIpc) is 3.27. The Labute approximate surface area is 128 Å². The lowest BCUT2D eigenvalue weighted by molar-refractivity contribution is 0.0812. The lowest BCUT2D eigenvalue weighted by Crippen LogP contribution is -2.16. The van der Waals surface area contributed by atoms with Crippen LogP contribution in [-0.2, 0) is 11.3 Å². The average molecular weight is 289 g/mol. The molecule has 0 spiro atoms. The maximum absolute atomic E-state index is 5.76. The van der Waals surface area contributed by atoms with E-state index in [1.807, 2.05) is 6.07 Å². The Bertz CT molecular complexity index is 427. The van der Waals surface area contributed by atoms with Gasteiger partial charge in [0.2, 0.25) is 0 Å². The van der Waals surface area contributed by atoms with Crippen LogP contribution in [0.25, 0.3) is 0 Å². The van der Waals surface area contributed by atoms with Crippen molar-refractivity contribution in [3.8, 4) is 5.75 Å². The maximum Gasteiger partial charge on any atom is 0.119 e. The predicted octanol–water partition coefficient (Wildman–Crippen LogP) is 3.52. The van der Waals surface area contributed by atoms with Gasteiger partial charge in [-0.3, -0.25) is 0 Å². The number of benzene rings is 1. The number of rotatable bonds is 10. The molecule has 2 aliphatic rings. The number of hydrogen-bond donors (Lipinski definition) is 1. The van der Waals surface area contributed by atoms with Crippen LogP contribution >= 0.6 is 0 Å². The first kappa shape index (κ1) is 14.9. The SMILES string of the molecule is c1cc(CNC2CC2)cc(OCCOCCC2CCC2)c1. The Morgan fingerprint density at radius 3 is 2.71 bits per heavy atom. The van der Waals surface area contributed by atoms with Crippen LogP contribution in [0.3, 0.4) is 0 Å². The smallest absolute Gasteiger partial charge is 0.119 e. The Morgan fingerprint density at radius 1 is 1.05 bits per heavy atom. The Balaban J connectivity index is 1.27. The fraction of sp³-hybridized carbons (Fsp3) is 0.667. The number of ether oxygens (including phenoxy) is 2.